The summed E-state index contributed by atoms with van der Waals surface area (Å²) in [5, 5.41) is 0. The Kier molecular flexibility index (Phi) is 4.47. The lowest BCUT2D eigenvalue weighted by atomic mass is 9.88. The second-order valence-electron chi connectivity index (χ2n) is 5.15. The summed E-state index contributed by atoms with van der Waals surface area (Å²) in [4.78, 5) is 11.8. The van der Waals surface area contributed by atoms with Crippen molar-refractivity contribution in [3.05, 3.63) is 0 Å². The monoisotopic (exact) mass is 304 g/mol. The van der Waals surface area contributed by atoms with E-state index in [-0.39, 0.29) is 5.97 Å². The van der Waals surface area contributed by atoms with Crippen molar-refractivity contribution < 1.29 is 14.3 Å². The van der Waals surface area contributed by atoms with Crippen molar-refractivity contribution in [2.45, 2.75) is 56.1 Å². The van der Waals surface area contributed by atoms with Crippen LogP contribution in [0.4, 0.5) is 0 Å². The number of hydrogen-bond acceptors (Lipinski definition) is 3. The van der Waals surface area contributed by atoms with Crippen LogP contribution < -0.4 is 0 Å². The van der Waals surface area contributed by atoms with Gasteiger partial charge in [0.05, 0.1) is 19.3 Å². The third kappa shape index (κ3) is 2.84. The molecule has 0 aromatic heterocycles. The van der Waals surface area contributed by atoms with Gasteiger partial charge in [0.25, 0.3) is 0 Å². The first-order valence-corrected chi connectivity index (χ1v) is 7.43. The van der Waals surface area contributed by atoms with Gasteiger partial charge in [0.1, 0.15) is 0 Å². The number of alkyl halides is 1. The molecule has 0 bridgehead atoms. The van der Waals surface area contributed by atoms with E-state index < -0.39 is 0 Å². The van der Waals surface area contributed by atoms with Crippen LogP contribution in [0, 0.1) is 11.8 Å². The predicted molar refractivity (Wildman–Crippen MR) is 69.1 cm³/mol. The highest BCUT2D eigenvalue weighted by molar-refractivity contribution is 9.09. The lowest BCUT2D eigenvalue weighted by Crippen LogP contribution is -2.21. The van der Waals surface area contributed by atoms with Crippen molar-refractivity contribution in [3.63, 3.8) is 0 Å². The largest absolute Gasteiger partial charge is 0.469 e. The molecule has 1 aliphatic heterocycles. The van der Waals surface area contributed by atoms with Gasteiger partial charge in [-0.25, -0.2) is 0 Å². The number of esters is 1. The first-order chi connectivity index (χ1) is 8.15. The quantitative estimate of drug-likeness (QED) is 0.592. The van der Waals surface area contributed by atoms with E-state index in [2.05, 4.69) is 22.9 Å². The summed E-state index contributed by atoms with van der Waals surface area (Å²) < 4.78 is 10.9. The van der Waals surface area contributed by atoms with Gasteiger partial charge in [-0.2, -0.15) is 0 Å². The molecule has 1 saturated carbocycles. The van der Waals surface area contributed by atoms with Crippen molar-refractivity contribution in [2.75, 3.05) is 7.11 Å². The van der Waals surface area contributed by atoms with Crippen LogP contribution in [0.15, 0.2) is 0 Å². The van der Waals surface area contributed by atoms with Gasteiger partial charge >= 0.3 is 5.97 Å². The van der Waals surface area contributed by atoms with Crippen LogP contribution in [0.1, 0.15) is 39.0 Å². The van der Waals surface area contributed by atoms with Gasteiger partial charge in [-0.3, -0.25) is 4.79 Å². The van der Waals surface area contributed by atoms with Crippen molar-refractivity contribution in [2.24, 2.45) is 11.8 Å². The Morgan fingerprint density at radius 1 is 1.53 bits per heavy atom. The molecule has 2 unspecified atom stereocenters. The van der Waals surface area contributed by atoms with Crippen molar-refractivity contribution >= 4 is 21.9 Å². The zero-order valence-electron chi connectivity index (χ0n) is 10.5. The van der Waals surface area contributed by atoms with Crippen LogP contribution in [-0.4, -0.2) is 30.1 Å². The fraction of sp³-hybridized carbons (Fsp3) is 0.923. The van der Waals surface area contributed by atoms with Crippen LogP contribution in [-0.2, 0) is 14.3 Å². The Labute approximate surface area is 111 Å². The van der Waals surface area contributed by atoms with Crippen molar-refractivity contribution in [1.29, 1.82) is 0 Å². The van der Waals surface area contributed by atoms with Gasteiger partial charge in [-0.05, 0) is 37.5 Å². The number of carbonyl (C=O) groups excluding carboxylic acids is 1. The van der Waals surface area contributed by atoms with Gasteiger partial charge in [0.2, 0.25) is 0 Å². The molecule has 17 heavy (non-hydrogen) atoms. The summed E-state index contributed by atoms with van der Waals surface area (Å²) in [6.07, 6.45) is 5.66. The number of ether oxygens (including phenoxy) is 2. The highest BCUT2D eigenvalue weighted by atomic mass is 79.9. The summed E-state index contributed by atoms with van der Waals surface area (Å²) in [6.45, 7) is 2.17. The Bertz CT molecular complexity index is 282. The Hall–Kier alpha value is -0.0900. The molecule has 0 aromatic carbocycles. The maximum Gasteiger partial charge on any atom is 0.305 e. The second kappa shape index (κ2) is 5.70. The minimum absolute atomic E-state index is 0.0787. The van der Waals surface area contributed by atoms with E-state index in [0.717, 1.165) is 25.7 Å². The summed E-state index contributed by atoms with van der Waals surface area (Å²) in [6, 6.07) is 0. The zero-order chi connectivity index (χ0) is 12.4. The van der Waals surface area contributed by atoms with Gasteiger partial charge < -0.3 is 9.47 Å². The maximum atomic E-state index is 11.4. The molecule has 4 heteroatoms. The Morgan fingerprint density at radius 2 is 2.29 bits per heavy atom. The molecular formula is C13H21BrO3. The lowest BCUT2D eigenvalue weighted by molar-refractivity contribution is -0.142. The molecule has 3 nitrogen and oxygen atoms in total. The molecule has 2 fully saturated rings. The number of fused-ring (bicyclic) bond motifs is 1. The predicted octanol–water partition coefficient (Wildman–Crippen LogP) is 2.91. The van der Waals surface area contributed by atoms with E-state index in [9.17, 15) is 4.79 Å². The molecule has 98 valence electrons. The normalized spacial score (nSPS) is 37.8. The summed E-state index contributed by atoms with van der Waals surface area (Å²) in [5.41, 5.74) is 0. The molecule has 0 spiro atoms. The third-order valence-electron chi connectivity index (χ3n) is 4.21. The zero-order valence-corrected chi connectivity index (χ0v) is 12.1. The Balaban J connectivity index is 1.91. The standard InChI is InChI=1S/C13H21BrO3/c1-3-10(14)12-7-9-8(6-13(15)16-2)4-5-11(9)17-12/h8-12H,3-7H2,1-2H3/t8-,9-,10?,11+,12?/m1/s1. The van der Waals surface area contributed by atoms with Crippen LogP contribution in [0.3, 0.4) is 0 Å². The van der Waals surface area contributed by atoms with E-state index in [1.165, 1.54) is 7.11 Å². The summed E-state index contributed by atoms with van der Waals surface area (Å²) in [5.74, 6) is 0.949. The van der Waals surface area contributed by atoms with Crippen molar-refractivity contribution in [3.8, 4) is 0 Å². The third-order valence-corrected chi connectivity index (χ3v) is 5.45. The van der Waals surface area contributed by atoms with E-state index in [0.29, 0.717) is 35.3 Å². The molecule has 2 rings (SSSR count). The van der Waals surface area contributed by atoms with Gasteiger partial charge in [0, 0.05) is 11.2 Å². The highest BCUT2D eigenvalue weighted by Gasteiger charge is 2.46. The SMILES string of the molecule is CCC(Br)C1C[C@@H]2[C@@H](CC(=O)OC)CC[C@@H]2O1. The molecule has 0 amide bonds. The number of halogens is 1. The molecule has 0 radical (unpaired) electrons. The van der Waals surface area contributed by atoms with Crippen LogP contribution in [0.5, 0.6) is 0 Å². The van der Waals surface area contributed by atoms with Gasteiger partial charge in [-0.1, -0.05) is 22.9 Å². The molecule has 5 atom stereocenters. The van der Waals surface area contributed by atoms with Gasteiger partial charge in [0.15, 0.2) is 0 Å². The molecule has 1 saturated heterocycles. The maximum absolute atomic E-state index is 11.4. The molecule has 0 N–H and O–H groups in total. The van der Waals surface area contributed by atoms with E-state index in [4.69, 9.17) is 9.47 Å². The smallest absolute Gasteiger partial charge is 0.305 e. The van der Waals surface area contributed by atoms with Crippen LogP contribution in [0.25, 0.3) is 0 Å². The fourth-order valence-corrected chi connectivity index (χ4v) is 3.56. The molecular weight excluding hydrogens is 284 g/mol. The van der Waals surface area contributed by atoms with E-state index >= 15 is 0 Å². The number of carbonyl (C=O) groups is 1. The average molecular weight is 305 g/mol. The number of methoxy groups -OCH3 is 1. The first-order valence-electron chi connectivity index (χ1n) is 6.52. The number of rotatable bonds is 4. The Morgan fingerprint density at radius 3 is 2.94 bits per heavy atom. The number of hydrogen-bond donors (Lipinski definition) is 0. The molecule has 2 aliphatic rings. The fourth-order valence-electron chi connectivity index (χ4n) is 3.22. The topological polar surface area (TPSA) is 35.5 Å². The van der Waals surface area contributed by atoms with Gasteiger partial charge in [-0.15, -0.1) is 0 Å². The first kappa shape index (κ1) is 13.3. The molecule has 1 aliphatic carbocycles. The van der Waals surface area contributed by atoms with Crippen LogP contribution in [0.2, 0.25) is 0 Å². The minimum Gasteiger partial charge on any atom is -0.469 e. The molecule has 0 aromatic rings. The second-order valence-corrected chi connectivity index (χ2v) is 6.33. The minimum atomic E-state index is -0.0787. The average Bonchev–Trinajstić information content (AvgIpc) is 2.90. The summed E-state index contributed by atoms with van der Waals surface area (Å²) in [7, 11) is 1.47. The lowest BCUT2D eigenvalue weighted by Gasteiger charge is -2.18. The van der Waals surface area contributed by atoms with Crippen molar-refractivity contribution in [1.82, 2.24) is 0 Å². The van der Waals surface area contributed by atoms with E-state index in [1.807, 2.05) is 0 Å². The highest BCUT2D eigenvalue weighted by Crippen LogP contribution is 2.46. The van der Waals surface area contributed by atoms with E-state index in [1.54, 1.807) is 0 Å². The van der Waals surface area contributed by atoms with Crippen LogP contribution >= 0.6 is 15.9 Å². The molecule has 1 heterocycles. The summed E-state index contributed by atoms with van der Waals surface area (Å²) >= 11 is 3.68.